The van der Waals surface area contributed by atoms with Crippen molar-refractivity contribution in [3.05, 3.63) is 33.2 Å². The van der Waals surface area contributed by atoms with E-state index in [-0.39, 0.29) is 17.4 Å². The van der Waals surface area contributed by atoms with Crippen molar-refractivity contribution >= 4 is 22.8 Å². The van der Waals surface area contributed by atoms with Crippen LogP contribution in [0.1, 0.15) is 6.92 Å². The fourth-order valence-corrected chi connectivity index (χ4v) is 1.64. The summed E-state index contributed by atoms with van der Waals surface area (Å²) in [6, 6.07) is 0. The van der Waals surface area contributed by atoms with Crippen molar-refractivity contribution in [2.24, 2.45) is 5.11 Å². The van der Waals surface area contributed by atoms with Gasteiger partial charge in [0.2, 0.25) is 5.12 Å². The average molecular weight is 225 g/mol. The zero-order valence-electron chi connectivity index (χ0n) is 7.84. The molecule has 0 fully saturated rings. The van der Waals surface area contributed by atoms with Crippen LogP contribution in [0.15, 0.2) is 27.9 Å². The minimum absolute atomic E-state index is 0.153. The summed E-state index contributed by atoms with van der Waals surface area (Å²) in [4.78, 5) is 24.9. The normalized spacial score (nSPS) is 17.3. The van der Waals surface area contributed by atoms with Crippen LogP contribution in [0.3, 0.4) is 0 Å². The molecule has 78 valence electrons. The number of azide groups is 1. The Morgan fingerprint density at radius 3 is 3.13 bits per heavy atom. The van der Waals surface area contributed by atoms with Gasteiger partial charge in [0.05, 0.1) is 12.3 Å². The predicted octanol–water partition coefficient (Wildman–Crippen LogP) is 1.90. The lowest BCUT2D eigenvalue weighted by molar-refractivity contribution is -0.137. The largest absolute Gasteiger partial charge is 0.463 e. The van der Waals surface area contributed by atoms with Gasteiger partial charge < -0.3 is 4.74 Å². The first-order valence-corrected chi connectivity index (χ1v) is 4.86. The van der Waals surface area contributed by atoms with Crippen molar-refractivity contribution in [1.82, 2.24) is 0 Å². The van der Waals surface area contributed by atoms with Gasteiger partial charge in [-0.1, -0.05) is 5.11 Å². The summed E-state index contributed by atoms with van der Waals surface area (Å²) in [5.74, 6) is -0.561. The minimum atomic E-state index is -0.561. The highest BCUT2D eigenvalue weighted by molar-refractivity contribution is 8.18. The maximum atomic E-state index is 11.1. The molecule has 1 aliphatic rings. The number of carbonyl (C=O) groups is 2. The van der Waals surface area contributed by atoms with Gasteiger partial charge in [0, 0.05) is 22.0 Å². The molecule has 0 spiro atoms. The number of thioether (sulfide) groups is 1. The maximum Gasteiger partial charge on any atom is 0.331 e. The Morgan fingerprint density at radius 1 is 1.80 bits per heavy atom. The van der Waals surface area contributed by atoms with Crippen molar-refractivity contribution in [2.75, 3.05) is 6.61 Å². The van der Waals surface area contributed by atoms with Gasteiger partial charge >= 0.3 is 5.97 Å². The number of ether oxygens (including phenoxy) is 1. The number of carbonyl (C=O) groups excluding carboxylic acids is 2. The van der Waals surface area contributed by atoms with Gasteiger partial charge in [-0.3, -0.25) is 4.79 Å². The Hall–Kier alpha value is -1.72. The summed E-state index contributed by atoms with van der Waals surface area (Å²) in [7, 11) is 0. The van der Waals surface area contributed by atoms with E-state index in [0.717, 1.165) is 17.8 Å². The molecule has 0 bridgehead atoms. The highest BCUT2D eigenvalue weighted by atomic mass is 32.2. The summed E-state index contributed by atoms with van der Waals surface area (Å²) in [5, 5.41) is 3.02. The summed E-state index contributed by atoms with van der Waals surface area (Å²) < 4.78 is 4.66. The minimum Gasteiger partial charge on any atom is -0.463 e. The van der Waals surface area contributed by atoms with Crippen molar-refractivity contribution < 1.29 is 14.3 Å². The van der Waals surface area contributed by atoms with Crippen LogP contribution in [0.5, 0.6) is 0 Å². The molecule has 0 aromatic heterocycles. The molecule has 0 radical (unpaired) electrons. The van der Waals surface area contributed by atoms with Gasteiger partial charge in [0.15, 0.2) is 0 Å². The second-order valence-corrected chi connectivity index (χ2v) is 3.45. The Kier molecular flexibility index (Phi) is 3.96. The van der Waals surface area contributed by atoms with Gasteiger partial charge in [-0.15, -0.1) is 0 Å². The van der Waals surface area contributed by atoms with Gasteiger partial charge in [-0.2, -0.15) is 0 Å². The molecule has 1 rings (SSSR count). The Bertz CT molecular complexity index is 407. The summed E-state index contributed by atoms with van der Waals surface area (Å²) >= 11 is 0.832. The monoisotopic (exact) mass is 225 g/mol. The number of nitrogens with zero attached hydrogens (tertiary/aromatic N) is 3. The topological polar surface area (TPSA) is 92.1 Å². The number of hydrogen-bond donors (Lipinski definition) is 0. The quantitative estimate of drug-likeness (QED) is 0.241. The van der Waals surface area contributed by atoms with E-state index in [1.165, 1.54) is 6.08 Å². The molecule has 0 N–H and O–H groups in total. The second kappa shape index (κ2) is 5.23. The molecule has 0 atom stereocenters. The van der Waals surface area contributed by atoms with Crippen LogP contribution in [0.25, 0.3) is 10.4 Å². The summed E-state index contributed by atoms with van der Waals surface area (Å²) in [6.45, 7) is 1.93. The summed E-state index contributed by atoms with van der Waals surface area (Å²) in [6.07, 6.45) is 2.31. The van der Waals surface area contributed by atoms with Crippen molar-refractivity contribution in [2.45, 2.75) is 6.92 Å². The number of rotatable bonds is 3. The van der Waals surface area contributed by atoms with Gasteiger partial charge in [0.1, 0.15) is 0 Å². The third kappa shape index (κ3) is 3.16. The molecule has 0 aromatic carbocycles. The second-order valence-electron chi connectivity index (χ2n) is 2.40. The number of hydrogen-bond acceptors (Lipinski definition) is 5. The Balaban J connectivity index is 2.87. The molecule has 7 heteroatoms. The fraction of sp³-hybridized carbons (Fsp3) is 0.250. The molecule has 0 saturated heterocycles. The molecule has 0 unspecified atom stereocenters. The fourth-order valence-electron chi connectivity index (χ4n) is 0.894. The maximum absolute atomic E-state index is 11.1. The van der Waals surface area contributed by atoms with Crippen LogP contribution >= 0.6 is 11.8 Å². The zero-order valence-corrected chi connectivity index (χ0v) is 8.65. The Labute approximate surface area is 89.6 Å². The van der Waals surface area contributed by atoms with E-state index < -0.39 is 5.97 Å². The smallest absolute Gasteiger partial charge is 0.331 e. The third-order valence-corrected chi connectivity index (χ3v) is 2.27. The zero-order chi connectivity index (χ0) is 11.3. The van der Waals surface area contributed by atoms with Crippen LogP contribution in [0.2, 0.25) is 0 Å². The molecule has 0 saturated carbocycles. The average Bonchev–Trinajstić information content (AvgIpc) is 2.47. The van der Waals surface area contributed by atoms with Crippen LogP contribution in [-0.4, -0.2) is 17.7 Å². The molecule has 0 aliphatic carbocycles. The third-order valence-electron chi connectivity index (χ3n) is 1.41. The Morgan fingerprint density at radius 2 is 2.53 bits per heavy atom. The van der Waals surface area contributed by atoms with E-state index in [2.05, 4.69) is 14.8 Å². The molecule has 15 heavy (non-hydrogen) atoms. The van der Waals surface area contributed by atoms with Crippen molar-refractivity contribution in [3.63, 3.8) is 0 Å². The van der Waals surface area contributed by atoms with E-state index in [0.29, 0.717) is 4.91 Å². The predicted molar refractivity (Wildman–Crippen MR) is 54.5 cm³/mol. The SMILES string of the molecule is CCOC(=O)/C=C1\SC(=O)C=C1N=[N+]=[N-]. The summed E-state index contributed by atoms with van der Waals surface area (Å²) in [5.41, 5.74) is 8.38. The van der Waals surface area contributed by atoms with E-state index in [9.17, 15) is 9.59 Å². The standard InChI is InChI=1S/C8H7N3O3S/c1-2-14-7(12)4-6-5(10-11-9)3-8(13)15-6/h3-4H,2H2,1H3/b6-4-. The van der Waals surface area contributed by atoms with Crippen LogP contribution < -0.4 is 0 Å². The molecule has 1 aliphatic heterocycles. The van der Waals surface area contributed by atoms with Crippen molar-refractivity contribution in [1.29, 1.82) is 0 Å². The van der Waals surface area contributed by atoms with Crippen LogP contribution in [-0.2, 0) is 14.3 Å². The van der Waals surface area contributed by atoms with Gasteiger partial charge in [0.25, 0.3) is 0 Å². The molecule has 1 heterocycles. The van der Waals surface area contributed by atoms with Crippen LogP contribution in [0.4, 0.5) is 0 Å². The molecular formula is C8H7N3O3S. The number of esters is 1. The van der Waals surface area contributed by atoms with E-state index in [4.69, 9.17) is 5.53 Å². The molecule has 0 amide bonds. The van der Waals surface area contributed by atoms with Crippen LogP contribution in [0, 0.1) is 0 Å². The first-order chi connectivity index (χ1) is 7.17. The first-order valence-electron chi connectivity index (χ1n) is 4.04. The van der Waals surface area contributed by atoms with E-state index in [1.807, 2.05) is 0 Å². The molecular weight excluding hydrogens is 218 g/mol. The molecule has 6 nitrogen and oxygen atoms in total. The van der Waals surface area contributed by atoms with Gasteiger partial charge in [-0.05, 0) is 24.2 Å². The van der Waals surface area contributed by atoms with E-state index >= 15 is 0 Å². The first kappa shape index (κ1) is 11.4. The highest BCUT2D eigenvalue weighted by Crippen LogP contribution is 2.33. The lowest BCUT2D eigenvalue weighted by Gasteiger charge is -1.98. The molecule has 0 aromatic rings. The lowest BCUT2D eigenvalue weighted by atomic mass is 10.3. The lowest BCUT2D eigenvalue weighted by Crippen LogP contribution is -2.00. The highest BCUT2D eigenvalue weighted by Gasteiger charge is 2.19. The van der Waals surface area contributed by atoms with Crippen molar-refractivity contribution in [3.8, 4) is 0 Å². The van der Waals surface area contributed by atoms with Gasteiger partial charge in [-0.25, -0.2) is 4.79 Å². The van der Waals surface area contributed by atoms with E-state index in [1.54, 1.807) is 6.92 Å².